The highest BCUT2D eigenvalue weighted by molar-refractivity contribution is 8.00. The van der Waals surface area contributed by atoms with Gasteiger partial charge in [-0.15, -0.1) is 11.8 Å². The molecular formula is C21H24N4O4S. The number of nitro benzene ring substituents is 1. The molecule has 9 heteroatoms. The number of anilines is 2. The Labute approximate surface area is 179 Å². The lowest BCUT2D eigenvalue weighted by Crippen LogP contribution is -2.39. The van der Waals surface area contributed by atoms with E-state index >= 15 is 0 Å². The first kappa shape index (κ1) is 21.6. The minimum Gasteiger partial charge on any atom is -0.370 e. The minimum atomic E-state index is -0.451. The van der Waals surface area contributed by atoms with Crippen LogP contribution >= 0.6 is 11.8 Å². The smallest absolute Gasteiger partial charge is 0.269 e. The first-order valence-electron chi connectivity index (χ1n) is 9.70. The third kappa shape index (κ3) is 5.29. The largest absolute Gasteiger partial charge is 0.370 e. The zero-order chi connectivity index (χ0) is 21.7. The van der Waals surface area contributed by atoms with Gasteiger partial charge in [0.2, 0.25) is 11.8 Å². The number of amides is 2. The monoisotopic (exact) mass is 428 g/mol. The first-order chi connectivity index (χ1) is 14.3. The summed E-state index contributed by atoms with van der Waals surface area (Å²) in [6.07, 6.45) is 1.40. The van der Waals surface area contributed by atoms with E-state index in [0.29, 0.717) is 25.9 Å². The normalized spacial score (nSPS) is 15.4. The number of rotatable bonds is 7. The van der Waals surface area contributed by atoms with Gasteiger partial charge in [0.25, 0.3) is 5.69 Å². The van der Waals surface area contributed by atoms with Crippen LogP contribution in [0.5, 0.6) is 0 Å². The van der Waals surface area contributed by atoms with Crippen molar-refractivity contribution in [2.45, 2.75) is 29.9 Å². The first-order valence-corrected chi connectivity index (χ1v) is 10.6. The Hall–Kier alpha value is -3.07. The quantitative estimate of drug-likeness (QED) is 0.396. The maximum Gasteiger partial charge on any atom is 0.269 e. The van der Waals surface area contributed by atoms with Gasteiger partial charge in [-0.25, -0.2) is 0 Å². The van der Waals surface area contributed by atoms with Crippen LogP contribution in [0.4, 0.5) is 17.1 Å². The van der Waals surface area contributed by atoms with E-state index < -0.39 is 4.92 Å². The maximum absolute atomic E-state index is 12.7. The summed E-state index contributed by atoms with van der Waals surface area (Å²) in [4.78, 5) is 37.4. The van der Waals surface area contributed by atoms with E-state index in [-0.39, 0.29) is 28.7 Å². The SMILES string of the molecule is CC(Sc1ccc([N+](=O)[O-])cc1)C(=O)Nc1ccccc1N1CCC(C(N)=O)CC1. The van der Waals surface area contributed by atoms with E-state index in [0.717, 1.165) is 16.3 Å². The Morgan fingerprint density at radius 3 is 2.40 bits per heavy atom. The molecule has 2 aromatic carbocycles. The van der Waals surface area contributed by atoms with Gasteiger partial charge >= 0.3 is 0 Å². The molecule has 0 bridgehead atoms. The molecule has 2 amide bonds. The molecule has 1 heterocycles. The van der Waals surface area contributed by atoms with Crippen LogP contribution in [-0.4, -0.2) is 35.1 Å². The molecule has 0 aromatic heterocycles. The third-order valence-corrected chi connectivity index (χ3v) is 6.24. The number of nitrogens with one attached hydrogen (secondary N) is 1. The number of nitrogens with zero attached hydrogens (tertiary/aromatic N) is 2. The Morgan fingerprint density at radius 1 is 1.17 bits per heavy atom. The number of carbonyl (C=O) groups is 2. The number of benzene rings is 2. The molecule has 2 aromatic rings. The summed E-state index contributed by atoms with van der Waals surface area (Å²) in [5, 5.41) is 13.4. The number of hydrogen-bond donors (Lipinski definition) is 2. The van der Waals surface area contributed by atoms with Crippen molar-refractivity contribution >= 4 is 40.6 Å². The number of non-ortho nitro benzene ring substituents is 1. The molecule has 1 saturated heterocycles. The van der Waals surface area contributed by atoms with Crippen LogP contribution in [0.15, 0.2) is 53.4 Å². The van der Waals surface area contributed by atoms with E-state index in [9.17, 15) is 19.7 Å². The van der Waals surface area contributed by atoms with E-state index in [1.165, 1.54) is 23.9 Å². The summed E-state index contributed by atoms with van der Waals surface area (Å²) in [5.74, 6) is -0.507. The van der Waals surface area contributed by atoms with Crippen molar-refractivity contribution in [3.05, 3.63) is 58.6 Å². The molecule has 8 nitrogen and oxygen atoms in total. The molecule has 30 heavy (non-hydrogen) atoms. The fourth-order valence-electron chi connectivity index (χ4n) is 3.40. The number of thioether (sulfide) groups is 1. The average Bonchev–Trinajstić information content (AvgIpc) is 2.74. The molecule has 1 aliphatic heterocycles. The molecule has 1 atom stereocenters. The minimum absolute atomic E-state index is 0.0190. The average molecular weight is 429 g/mol. The highest BCUT2D eigenvalue weighted by atomic mass is 32.2. The molecule has 1 aliphatic rings. The van der Waals surface area contributed by atoms with Crippen molar-refractivity contribution in [2.24, 2.45) is 11.7 Å². The van der Waals surface area contributed by atoms with Crippen LogP contribution in [0.2, 0.25) is 0 Å². The molecule has 0 radical (unpaired) electrons. The van der Waals surface area contributed by atoms with Crippen molar-refractivity contribution in [2.75, 3.05) is 23.3 Å². The maximum atomic E-state index is 12.7. The van der Waals surface area contributed by atoms with Crippen LogP contribution in [0.3, 0.4) is 0 Å². The molecule has 0 saturated carbocycles. The van der Waals surface area contributed by atoms with Crippen LogP contribution < -0.4 is 16.0 Å². The highest BCUT2D eigenvalue weighted by Gasteiger charge is 2.25. The number of primary amides is 1. The Bertz CT molecular complexity index is 927. The molecule has 1 fully saturated rings. The second-order valence-electron chi connectivity index (χ2n) is 7.18. The van der Waals surface area contributed by atoms with Gasteiger partial charge in [0.15, 0.2) is 0 Å². The predicted molar refractivity (Wildman–Crippen MR) is 118 cm³/mol. The van der Waals surface area contributed by atoms with E-state index in [1.807, 2.05) is 24.3 Å². The van der Waals surface area contributed by atoms with Gasteiger partial charge in [0.05, 0.1) is 21.5 Å². The van der Waals surface area contributed by atoms with Gasteiger partial charge in [-0.1, -0.05) is 12.1 Å². The summed E-state index contributed by atoms with van der Waals surface area (Å²) >= 11 is 1.34. The van der Waals surface area contributed by atoms with Crippen LogP contribution in [0, 0.1) is 16.0 Å². The van der Waals surface area contributed by atoms with E-state index in [4.69, 9.17) is 5.73 Å². The highest BCUT2D eigenvalue weighted by Crippen LogP contribution is 2.31. The number of hydrogen-bond acceptors (Lipinski definition) is 6. The number of nitrogens with two attached hydrogens (primary N) is 1. The molecule has 0 aliphatic carbocycles. The zero-order valence-corrected chi connectivity index (χ0v) is 17.4. The molecule has 1 unspecified atom stereocenters. The lowest BCUT2D eigenvalue weighted by Gasteiger charge is -2.33. The Kier molecular flexibility index (Phi) is 6.94. The van der Waals surface area contributed by atoms with Crippen LogP contribution in [-0.2, 0) is 9.59 Å². The third-order valence-electron chi connectivity index (χ3n) is 5.13. The van der Waals surface area contributed by atoms with Gasteiger partial charge in [0, 0.05) is 36.0 Å². The van der Waals surface area contributed by atoms with Crippen molar-refractivity contribution in [3.63, 3.8) is 0 Å². The Balaban J connectivity index is 1.64. The molecule has 3 N–H and O–H groups in total. The van der Waals surface area contributed by atoms with Crippen molar-refractivity contribution in [1.29, 1.82) is 0 Å². The predicted octanol–water partition coefficient (Wildman–Crippen LogP) is 3.42. The summed E-state index contributed by atoms with van der Waals surface area (Å²) < 4.78 is 0. The summed E-state index contributed by atoms with van der Waals surface area (Å²) in [7, 11) is 0. The topological polar surface area (TPSA) is 119 Å². The molecule has 158 valence electrons. The number of carbonyl (C=O) groups excluding carboxylic acids is 2. The van der Waals surface area contributed by atoms with Crippen LogP contribution in [0.1, 0.15) is 19.8 Å². The molecule has 0 spiro atoms. The number of nitro groups is 1. The van der Waals surface area contributed by atoms with Gasteiger partial charge in [0.1, 0.15) is 0 Å². The van der Waals surface area contributed by atoms with Gasteiger partial charge in [-0.3, -0.25) is 19.7 Å². The lowest BCUT2D eigenvalue weighted by atomic mass is 9.96. The van der Waals surface area contributed by atoms with E-state index in [1.54, 1.807) is 19.1 Å². The Morgan fingerprint density at radius 2 is 1.80 bits per heavy atom. The van der Waals surface area contributed by atoms with Gasteiger partial charge in [-0.05, 0) is 44.0 Å². The number of piperidine rings is 1. The van der Waals surface area contributed by atoms with Gasteiger partial charge in [-0.2, -0.15) is 0 Å². The molecule has 3 rings (SSSR count). The standard InChI is InChI=1S/C21H24N4O4S/c1-14(30-17-8-6-16(7-9-17)25(28)29)21(27)23-18-4-2-3-5-19(18)24-12-10-15(11-13-24)20(22)26/h2-9,14-15H,10-13H2,1H3,(H2,22,26)(H,23,27). The molecular weight excluding hydrogens is 404 g/mol. The lowest BCUT2D eigenvalue weighted by molar-refractivity contribution is -0.384. The van der Waals surface area contributed by atoms with Crippen molar-refractivity contribution in [3.8, 4) is 0 Å². The fraction of sp³-hybridized carbons (Fsp3) is 0.333. The second kappa shape index (κ2) is 9.62. The summed E-state index contributed by atoms with van der Waals surface area (Å²) in [5.41, 5.74) is 7.07. The fourth-order valence-corrected chi connectivity index (χ4v) is 4.27. The van der Waals surface area contributed by atoms with Crippen LogP contribution in [0.25, 0.3) is 0 Å². The second-order valence-corrected chi connectivity index (χ2v) is 8.60. The summed E-state index contributed by atoms with van der Waals surface area (Å²) in [6.45, 7) is 3.20. The van der Waals surface area contributed by atoms with Crippen molar-refractivity contribution < 1.29 is 14.5 Å². The van der Waals surface area contributed by atoms with Gasteiger partial charge < -0.3 is 16.0 Å². The summed E-state index contributed by atoms with van der Waals surface area (Å²) in [6, 6.07) is 13.7. The zero-order valence-electron chi connectivity index (χ0n) is 16.6. The van der Waals surface area contributed by atoms with Crippen molar-refractivity contribution in [1.82, 2.24) is 0 Å². The van der Waals surface area contributed by atoms with E-state index in [2.05, 4.69) is 10.2 Å². The number of para-hydroxylation sites is 2.